The van der Waals surface area contributed by atoms with Crippen LogP contribution in [0, 0.1) is 19.3 Å². The number of ether oxygens (including phenoxy) is 3. The summed E-state index contributed by atoms with van der Waals surface area (Å²) in [5.41, 5.74) is 7.22. The molecule has 1 N–H and O–H groups in total. The molecule has 0 aliphatic carbocycles. The maximum atomic E-state index is 12.8. The van der Waals surface area contributed by atoms with Crippen molar-refractivity contribution >= 4 is 17.5 Å². The molecule has 10 nitrogen and oxygen atoms in total. The smallest absolute Gasteiger partial charge is 0.337 e. The second-order valence-corrected chi connectivity index (χ2v) is 13.9. The quantitative estimate of drug-likeness (QED) is 0.309. The third-order valence-corrected chi connectivity index (χ3v) is 8.86. The van der Waals surface area contributed by atoms with Gasteiger partial charge in [-0.25, -0.2) is 4.79 Å². The Morgan fingerprint density at radius 1 is 0.933 bits per heavy atom. The Labute approximate surface area is 266 Å². The van der Waals surface area contributed by atoms with Gasteiger partial charge in [0, 0.05) is 54.8 Å². The van der Waals surface area contributed by atoms with Gasteiger partial charge in [-0.1, -0.05) is 32.0 Å². The summed E-state index contributed by atoms with van der Waals surface area (Å²) < 4.78 is 16.9. The van der Waals surface area contributed by atoms with Crippen LogP contribution in [0.4, 0.5) is 11.5 Å². The van der Waals surface area contributed by atoms with Crippen molar-refractivity contribution in [1.29, 1.82) is 0 Å². The minimum atomic E-state index is -1.14. The van der Waals surface area contributed by atoms with Crippen molar-refractivity contribution in [3.8, 4) is 23.0 Å². The molecule has 4 heterocycles. The van der Waals surface area contributed by atoms with Crippen LogP contribution in [0.15, 0.2) is 24.3 Å². The fraction of sp³-hybridized carbons (Fsp3) is 0.543. The van der Waals surface area contributed by atoms with Gasteiger partial charge in [0.1, 0.15) is 5.82 Å². The molecule has 1 atom stereocenters. The minimum Gasteiger partial charge on any atom is -0.481 e. The van der Waals surface area contributed by atoms with Crippen LogP contribution < -0.4 is 19.3 Å². The molecule has 5 rings (SSSR count). The van der Waals surface area contributed by atoms with E-state index in [0.717, 1.165) is 67.2 Å². The second-order valence-electron chi connectivity index (χ2n) is 13.9. The molecule has 1 fully saturated rings. The van der Waals surface area contributed by atoms with Crippen molar-refractivity contribution < 1.29 is 24.1 Å². The van der Waals surface area contributed by atoms with Gasteiger partial charge in [0.2, 0.25) is 5.88 Å². The van der Waals surface area contributed by atoms with Crippen LogP contribution >= 0.6 is 0 Å². The zero-order valence-electron chi connectivity index (χ0n) is 28.2. The van der Waals surface area contributed by atoms with Gasteiger partial charge in [-0.05, 0) is 76.0 Å². The summed E-state index contributed by atoms with van der Waals surface area (Å²) in [6.07, 6.45) is 1.71. The minimum absolute atomic E-state index is 0.234. The van der Waals surface area contributed by atoms with Gasteiger partial charge >= 0.3 is 12.0 Å². The molecule has 2 aromatic heterocycles. The number of carboxylic acids is 1. The number of nitrogens with zero attached hydrogens (tertiary/aromatic N) is 5. The largest absolute Gasteiger partial charge is 0.481 e. The zero-order valence-corrected chi connectivity index (χ0v) is 28.2. The molecule has 2 aliphatic heterocycles. The Balaban J connectivity index is 1.60. The molecule has 1 aromatic carbocycles. The highest BCUT2D eigenvalue weighted by atomic mass is 16.5. The van der Waals surface area contributed by atoms with Crippen LogP contribution in [0.2, 0.25) is 0 Å². The van der Waals surface area contributed by atoms with E-state index in [4.69, 9.17) is 19.2 Å². The Bertz CT molecular complexity index is 1550. The van der Waals surface area contributed by atoms with E-state index >= 15 is 0 Å². The molecule has 0 saturated carbocycles. The fourth-order valence-corrected chi connectivity index (χ4v) is 6.41. The average molecular weight is 618 g/mol. The lowest BCUT2D eigenvalue weighted by Gasteiger charge is -2.41. The average Bonchev–Trinajstić information content (AvgIpc) is 2.98. The van der Waals surface area contributed by atoms with Gasteiger partial charge in [-0.3, -0.25) is 4.98 Å². The first-order valence-corrected chi connectivity index (χ1v) is 15.7. The van der Waals surface area contributed by atoms with Gasteiger partial charge in [-0.15, -0.1) is 0 Å². The molecule has 1 saturated heterocycles. The van der Waals surface area contributed by atoms with E-state index in [2.05, 4.69) is 51.8 Å². The maximum absolute atomic E-state index is 12.8. The van der Waals surface area contributed by atoms with Crippen molar-refractivity contribution in [1.82, 2.24) is 15.0 Å². The summed E-state index contributed by atoms with van der Waals surface area (Å²) in [7, 11) is 3.13. The van der Waals surface area contributed by atoms with Crippen LogP contribution in [-0.4, -0.2) is 65.5 Å². The number of hydrogen-bond acceptors (Lipinski definition) is 9. The molecule has 0 bridgehead atoms. The Morgan fingerprint density at radius 3 is 2.27 bits per heavy atom. The lowest BCUT2D eigenvalue weighted by atomic mass is 9.81. The van der Waals surface area contributed by atoms with Crippen molar-refractivity contribution in [3.63, 3.8) is 0 Å². The normalized spacial score (nSPS) is 17.1. The number of benzene rings is 1. The number of piperidine rings is 1. The molecule has 2 aliphatic rings. The van der Waals surface area contributed by atoms with E-state index in [1.807, 2.05) is 40.7 Å². The number of carbonyl (C=O) groups is 1. The number of aliphatic carboxylic acids is 1. The highest BCUT2D eigenvalue weighted by Gasteiger charge is 2.36. The summed E-state index contributed by atoms with van der Waals surface area (Å²) >= 11 is 0. The summed E-state index contributed by atoms with van der Waals surface area (Å²) in [4.78, 5) is 31.1. The highest BCUT2D eigenvalue weighted by Crippen LogP contribution is 2.45. The third kappa shape index (κ3) is 7.01. The van der Waals surface area contributed by atoms with E-state index in [9.17, 15) is 9.90 Å². The van der Waals surface area contributed by atoms with Crippen molar-refractivity contribution in [2.75, 3.05) is 43.7 Å². The van der Waals surface area contributed by atoms with Gasteiger partial charge < -0.3 is 29.1 Å². The number of rotatable bonds is 8. The van der Waals surface area contributed by atoms with E-state index < -0.39 is 17.7 Å². The number of aromatic nitrogens is 3. The SMILES string of the molecule is COc1cc(N2CCc3cc(-c4c(C)nc(C)c([C@H](OC(C)(C)C)C(=O)O)c4N4CCC(C)(C)CC4)ccc3C2)nc(OC)n1. The van der Waals surface area contributed by atoms with E-state index in [1.165, 1.54) is 11.1 Å². The first kappa shape index (κ1) is 32.5. The van der Waals surface area contributed by atoms with Crippen molar-refractivity contribution in [2.24, 2.45) is 5.41 Å². The number of anilines is 2. The summed E-state index contributed by atoms with van der Waals surface area (Å²) in [6.45, 7) is 17.3. The molecule has 45 heavy (non-hydrogen) atoms. The topological polar surface area (TPSA) is 110 Å². The molecule has 242 valence electrons. The molecule has 0 spiro atoms. The van der Waals surface area contributed by atoms with Crippen LogP contribution in [0.1, 0.15) is 81.6 Å². The zero-order chi connectivity index (χ0) is 32.7. The number of carboxylic acid groups (broad SMARTS) is 1. The van der Waals surface area contributed by atoms with Gasteiger partial charge in [-0.2, -0.15) is 9.97 Å². The first-order chi connectivity index (χ1) is 21.2. The number of fused-ring (bicyclic) bond motifs is 1. The molecule has 0 amide bonds. The third-order valence-electron chi connectivity index (χ3n) is 8.86. The summed E-state index contributed by atoms with van der Waals surface area (Å²) in [5, 5.41) is 10.5. The number of methoxy groups -OCH3 is 2. The molecule has 10 heteroatoms. The summed E-state index contributed by atoms with van der Waals surface area (Å²) in [5.74, 6) is 0.206. The van der Waals surface area contributed by atoms with E-state index in [1.54, 1.807) is 14.2 Å². The fourth-order valence-electron chi connectivity index (χ4n) is 6.41. The number of hydrogen-bond donors (Lipinski definition) is 1. The number of pyridine rings is 1. The van der Waals surface area contributed by atoms with Crippen LogP contribution in [0.25, 0.3) is 11.1 Å². The lowest BCUT2D eigenvalue weighted by molar-refractivity contribution is -0.160. The van der Waals surface area contributed by atoms with Crippen molar-refractivity contribution in [2.45, 2.75) is 86.0 Å². The lowest BCUT2D eigenvalue weighted by Crippen LogP contribution is -2.39. The van der Waals surface area contributed by atoms with Crippen LogP contribution in [0.5, 0.6) is 11.9 Å². The van der Waals surface area contributed by atoms with E-state index in [-0.39, 0.29) is 11.4 Å². The molecular weight excluding hydrogens is 570 g/mol. The van der Waals surface area contributed by atoms with Gasteiger partial charge in [0.25, 0.3) is 0 Å². The highest BCUT2D eigenvalue weighted by molar-refractivity contribution is 5.88. The predicted octanol–water partition coefficient (Wildman–Crippen LogP) is 6.30. The maximum Gasteiger partial charge on any atom is 0.337 e. The Morgan fingerprint density at radius 2 is 1.64 bits per heavy atom. The first-order valence-electron chi connectivity index (χ1n) is 15.7. The number of aryl methyl sites for hydroxylation is 2. The monoisotopic (exact) mass is 617 g/mol. The van der Waals surface area contributed by atoms with Crippen LogP contribution in [0.3, 0.4) is 0 Å². The second kappa shape index (κ2) is 12.5. The molecule has 3 aromatic rings. The van der Waals surface area contributed by atoms with E-state index in [0.29, 0.717) is 23.7 Å². The standard InChI is InChI=1S/C35H47N5O5/c1-21-28(24-10-11-25-20-40(15-12-23(25)18-24)26-19-27(43-8)38-33(37-26)44-9)30(39-16-13-35(6,7)14-17-39)29(22(2)36-21)31(32(41)42)45-34(3,4)5/h10-11,18-19,31H,12-17,20H2,1-9H3,(H,41,42)/t31-/m0/s1. The van der Waals surface area contributed by atoms with Gasteiger partial charge in [0.15, 0.2) is 6.10 Å². The predicted molar refractivity (Wildman–Crippen MR) is 175 cm³/mol. The molecule has 0 radical (unpaired) electrons. The summed E-state index contributed by atoms with van der Waals surface area (Å²) in [6, 6.07) is 8.68. The van der Waals surface area contributed by atoms with Gasteiger partial charge in [0.05, 0.1) is 25.5 Å². The van der Waals surface area contributed by atoms with Crippen LogP contribution in [-0.2, 0) is 22.5 Å². The van der Waals surface area contributed by atoms with Crippen molar-refractivity contribution in [3.05, 3.63) is 52.3 Å². The molecule has 0 unspecified atom stereocenters. The Hall–Kier alpha value is -3.92. The molecular formula is C35H47N5O5. The Kier molecular flexibility index (Phi) is 8.99.